The Labute approximate surface area is 199 Å². The van der Waals surface area contributed by atoms with Crippen LogP contribution in [0.5, 0.6) is 11.5 Å². The van der Waals surface area contributed by atoms with Gasteiger partial charge in [-0.25, -0.2) is 4.98 Å². The first kappa shape index (κ1) is 23.0. The lowest BCUT2D eigenvalue weighted by Gasteiger charge is -2.11. The number of nitrogens with zero attached hydrogens (tertiary/aromatic N) is 3. The molecule has 4 rings (SSSR count). The number of aromatic amines is 1. The van der Waals surface area contributed by atoms with Crippen LogP contribution in [0.25, 0.3) is 22.7 Å². The lowest BCUT2D eigenvalue weighted by atomic mass is 10.1. The number of benzene rings is 3. The molecule has 1 heterocycles. The second-order valence-electron chi connectivity index (χ2n) is 7.33. The molecule has 0 radical (unpaired) electrons. The van der Waals surface area contributed by atoms with E-state index in [2.05, 4.69) is 21.4 Å². The maximum Gasteiger partial charge on any atom is 0.271 e. The summed E-state index contributed by atoms with van der Waals surface area (Å²) in [5.41, 5.74) is 2.76. The molecule has 0 aliphatic rings. The summed E-state index contributed by atoms with van der Waals surface area (Å²) in [6.07, 6.45) is 1.67. The van der Waals surface area contributed by atoms with Crippen LogP contribution in [0.2, 0.25) is 0 Å². The van der Waals surface area contributed by atoms with E-state index in [0.29, 0.717) is 28.5 Å². The Morgan fingerprint density at radius 3 is 2.74 bits per heavy atom. The average molecular weight is 469 g/mol. The fourth-order valence-corrected chi connectivity index (χ4v) is 3.33. The van der Waals surface area contributed by atoms with Gasteiger partial charge in [-0.1, -0.05) is 24.3 Å². The summed E-state index contributed by atoms with van der Waals surface area (Å²) in [6.45, 7) is -0.337. The van der Waals surface area contributed by atoms with Crippen molar-refractivity contribution in [2.24, 2.45) is 0 Å². The molecule has 0 aliphatic heterocycles. The van der Waals surface area contributed by atoms with Crippen LogP contribution in [0.3, 0.4) is 0 Å². The predicted octanol–water partition coefficient (Wildman–Crippen LogP) is 4.56. The van der Waals surface area contributed by atoms with Gasteiger partial charge >= 0.3 is 0 Å². The van der Waals surface area contributed by atoms with E-state index in [4.69, 9.17) is 9.47 Å². The third kappa shape index (κ3) is 5.43. The number of ether oxygens (including phenoxy) is 2. The highest BCUT2D eigenvalue weighted by Crippen LogP contribution is 2.30. The molecular weight excluding hydrogens is 450 g/mol. The average Bonchev–Trinajstić information content (AvgIpc) is 3.30. The molecule has 1 amide bonds. The third-order valence-corrected chi connectivity index (χ3v) is 4.96. The number of nitro benzene ring substituents is 1. The summed E-state index contributed by atoms with van der Waals surface area (Å²) in [5.74, 6) is 0.642. The molecule has 0 spiro atoms. The second kappa shape index (κ2) is 10.2. The molecule has 4 aromatic rings. The van der Waals surface area contributed by atoms with Crippen LogP contribution in [-0.2, 0) is 4.79 Å². The Kier molecular flexibility index (Phi) is 6.69. The van der Waals surface area contributed by atoms with Crippen molar-refractivity contribution >= 4 is 40.0 Å². The normalized spacial score (nSPS) is 11.0. The predicted molar refractivity (Wildman–Crippen MR) is 130 cm³/mol. The Balaban J connectivity index is 1.47. The van der Waals surface area contributed by atoms with Crippen LogP contribution in [0.1, 0.15) is 11.4 Å². The molecule has 35 heavy (non-hydrogen) atoms. The zero-order valence-electron chi connectivity index (χ0n) is 18.5. The van der Waals surface area contributed by atoms with Crippen molar-refractivity contribution < 1.29 is 19.2 Å². The molecule has 0 atom stereocenters. The molecule has 0 unspecified atom stereocenters. The quantitative estimate of drug-likeness (QED) is 0.219. The van der Waals surface area contributed by atoms with Crippen molar-refractivity contribution in [3.63, 3.8) is 0 Å². The number of methoxy groups -OCH3 is 1. The number of H-pyrrole nitrogens is 1. The van der Waals surface area contributed by atoms with Gasteiger partial charge in [0, 0.05) is 17.8 Å². The highest BCUT2D eigenvalue weighted by molar-refractivity contribution is 5.92. The molecule has 2 N–H and O–H groups in total. The number of carbonyl (C=O) groups is 1. The number of para-hydroxylation sites is 2. The van der Waals surface area contributed by atoms with Crippen molar-refractivity contribution in [2.45, 2.75) is 0 Å². The van der Waals surface area contributed by atoms with E-state index in [1.165, 1.54) is 25.3 Å². The van der Waals surface area contributed by atoms with Gasteiger partial charge in [-0.05, 0) is 42.0 Å². The number of allylic oxidation sites excluding steroid dienone is 1. The zero-order valence-corrected chi connectivity index (χ0v) is 18.5. The molecule has 3 aromatic carbocycles. The van der Waals surface area contributed by atoms with Crippen LogP contribution in [0.15, 0.2) is 66.7 Å². The number of nitrogens with one attached hydrogen (secondary N) is 2. The number of rotatable bonds is 8. The molecule has 0 saturated carbocycles. The molecule has 0 saturated heterocycles. The first-order valence-corrected chi connectivity index (χ1v) is 10.4. The number of amides is 1. The number of hydrogen-bond acceptors (Lipinski definition) is 7. The minimum absolute atomic E-state index is 0.131. The lowest BCUT2D eigenvalue weighted by molar-refractivity contribution is -0.384. The largest absolute Gasteiger partial charge is 0.493 e. The number of non-ortho nitro benzene ring substituents is 1. The van der Waals surface area contributed by atoms with E-state index >= 15 is 0 Å². The molecule has 0 bridgehead atoms. The minimum Gasteiger partial charge on any atom is -0.493 e. The number of aromatic nitrogens is 2. The number of imidazole rings is 1. The Morgan fingerprint density at radius 2 is 2.00 bits per heavy atom. The number of anilines is 1. The summed E-state index contributed by atoms with van der Waals surface area (Å²) in [5, 5.41) is 23.1. The number of carbonyl (C=O) groups excluding carboxylic acids is 1. The Bertz CT molecular complexity index is 1450. The Hall–Kier alpha value is -5.17. The highest BCUT2D eigenvalue weighted by atomic mass is 16.6. The van der Waals surface area contributed by atoms with Gasteiger partial charge < -0.3 is 19.8 Å². The van der Waals surface area contributed by atoms with Crippen molar-refractivity contribution in [2.75, 3.05) is 19.0 Å². The SMILES string of the molecule is COc1cc(/C=C(/C#N)c2nc3ccccc3[nH]2)ccc1OCC(=O)Nc1cccc([N+](=O)[O-])c1. The molecule has 10 nitrogen and oxygen atoms in total. The number of fused-ring (bicyclic) bond motifs is 1. The van der Waals surface area contributed by atoms with Gasteiger partial charge in [-0.2, -0.15) is 5.26 Å². The Morgan fingerprint density at radius 1 is 1.17 bits per heavy atom. The monoisotopic (exact) mass is 469 g/mol. The summed E-state index contributed by atoms with van der Waals surface area (Å²) in [4.78, 5) is 30.2. The molecule has 0 fully saturated rings. The minimum atomic E-state index is -0.543. The second-order valence-corrected chi connectivity index (χ2v) is 7.33. The van der Waals surface area contributed by atoms with Gasteiger partial charge in [0.25, 0.3) is 11.6 Å². The lowest BCUT2D eigenvalue weighted by Crippen LogP contribution is -2.20. The summed E-state index contributed by atoms with van der Waals surface area (Å²) in [6, 6.07) is 20.3. The molecular formula is C25H19N5O5. The van der Waals surface area contributed by atoms with Gasteiger partial charge in [0.05, 0.1) is 28.6 Å². The van der Waals surface area contributed by atoms with E-state index < -0.39 is 10.8 Å². The number of nitro groups is 1. The number of nitriles is 1. The molecule has 10 heteroatoms. The van der Waals surface area contributed by atoms with E-state index in [1.54, 1.807) is 30.3 Å². The first-order valence-electron chi connectivity index (χ1n) is 10.4. The van der Waals surface area contributed by atoms with Crippen molar-refractivity contribution in [3.05, 3.63) is 88.2 Å². The fourth-order valence-electron chi connectivity index (χ4n) is 3.33. The highest BCUT2D eigenvalue weighted by Gasteiger charge is 2.12. The van der Waals surface area contributed by atoms with Gasteiger partial charge in [0.1, 0.15) is 11.9 Å². The topological polar surface area (TPSA) is 143 Å². The van der Waals surface area contributed by atoms with E-state index in [0.717, 1.165) is 11.0 Å². The fraction of sp³-hybridized carbons (Fsp3) is 0.0800. The maximum atomic E-state index is 12.2. The van der Waals surface area contributed by atoms with E-state index in [9.17, 15) is 20.2 Å². The van der Waals surface area contributed by atoms with Gasteiger partial charge in [0.15, 0.2) is 18.1 Å². The van der Waals surface area contributed by atoms with Crippen LogP contribution >= 0.6 is 0 Å². The van der Waals surface area contributed by atoms with Crippen molar-refractivity contribution in [1.29, 1.82) is 5.26 Å². The van der Waals surface area contributed by atoms with Crippen molar-refractivity contribution in [3.8, 4) is 17.6 Å². The van der Waals surface area contributed by atoms with Crippen LogP contribution in [0, 0.1) is 21.4 Å². The zero-order chi connectivity index (χ0) is 24.8. The summed E-state index contributed by atoms with van der Waals surface area (Å²) < 4.78 is 11.0. The first-order chi connectivity index (χ1) is 17.0. The van der Waals surface area contributed by atoms with Crippen LogP contribution in [0.4, 0.5) is 11.4 Å². The summed E-state index contributed by atoms with van der Waals surface area (Å²) >= 11 is 0. The van der Waals surface area contributed by atoms with Crippen molar-refractivity contribution in [1.82, 2.24) is 9.97 Å². The van der Waals surface area contributed by atoms with Crippen LogP contribution in [-0.4, -0.2) is 34.5 Å². The van der Waals surface area contributed by atoms with Gasteiger partial charge in [-0.15, -0.1) is 0 Å². The summed E-state index contributed by atoms with van der Waals surface area (Å²) in [7, 11) is 1.46. The van der Waals surface area contributed by atoms with E-state index in [-0.39, 0.29) is 18.0 Å². The standard InChI is InChI=1S/C25H19N5O5/c1-34-23-12-16(11-17(14-26)25-28-20-7-2-3-8-21(20)29-25)9-10-22(23)35-15-24(31)27-18-5-4-6-19(13-18)30(32)33/h2-13H,15H2,1H3,(H,27,31)(H,28,29)/b17-11-. The smallest absolute Gasteiger partial charge is 0.271 e. The molecule has 174 valence electrons. The molecule has 0 aliphatic carbocycles. The van der Waals surface area contributed by atoms with E-state index in [1.807, 2.05) is 24.3 Å². The number of hydrogen-bond donors (Lipinski definition) is 2. The maximum absolute atomic E-state index is 12.2. The third-order valence-electron chi connectivity index (χ3n) is 4.96. The molecule has 1 aromatic heterocycles. The van der Waals surface area contributed by atoms with Gasteiger partial charge in [0.2, 0.25) is 0 Å². The van der Waals surface area contributed by atoms with Crippen LogP contribution < -0.4 is 14.8 Å². The van der Waals surface area contributed by atoms with Gasteiger partial charge in [-0.3, -0.25) is 14.9 Å².